The van der Waals surface area contributed by atoms with Crippen LogP contribution in [0.3, 0.4) is 0 Å². The van der Waals surface area contributed by atoms with Crippen LogP contribution in [0.15, 0.2) is 0 Å². The summed E-state index contributed by atoms with van der Waals surface area (Å²) in [6, 6.07) is 0. The van der Waals surface area contributed by atoms with Crippen LogP contribution >= 0.6 is 12.2 Å². The van der Waals surface area contributed by atoms with Crippen molar-refractivity contribution >= 4 is 23.1 Å². The fraction of sp³-hybridized carbons (Fsp3) is 0.833. The summed E-state index contributed by atoms with van der Waals surface area (Å²) in [7, 11) is 0. The molecule has 94 valence electrons. The van der Waals surface area contributed by atoms with E-state index in [9.17, 15) is 4.79 Å². The van der Waals surface area contributed by atoms with Crippen LogP contribution in [0, 0.1) is 5.92 Å². The molecule has 0 aliphatic carbocycles. The summed E-state index contributed by atoms with van der Waals surface area (Å²) in [5.41, 5.74) is 5.49. The predicted molar refractivity (Wildman–Crippen MR) is 72.3 cm³/mol. The van der Waals surface area contributed by atoms with Gasteiger partial charge in [0.25, 0.3) is 0 Å². The maximum absolute atomic E-state index is 12.2. The SMILES string of the molecule is CCCC(CCC)C(=O)N(CC)CC(N)=S. The van der Waals surface area contributed by atoms with E-state index in [0.29, 0.717) is 18.1 Å². The first-order valence-electron chi connectivity index (χ1n) is 6.13. The van der Waals surface area contributed by atoms with E-state index in [0.717, 1.165) is 25.7 Å². The Balaban J connectivity index is 4.47. The largest absolute Gasteiger partial charge is 0.392 e. The molecule has 0 saturated carbocycles. The van der Waals surface area contributed by atoms with E-state index in [2.05, 4.69) is 13.8 Å². The Hall–Kier alpha value is -0.640. The van der Waals surface area contributed by atoms with Crippen molar-refractivity contribution in [3.63, 3.8) is 0 Å². The van der Waals surface area contributed by atoms with Gasteiger partial charge in [0.15, 0.2) is 0 Å². The first kappa shape index (κ1) is 15.4. The Morgan fingerprint density at radius 3 is 2.06 bits per heavy atom. The zero-order chi connectivity index (χ0) is 12.6. The lowest BCUT2D eigenvalue weighted by atomic mass is 9.96. The number of thiocarbonyl (C=S) groups is 1. The number of likely N-dealkylation sites (N-methyl/N-ethyl adjacent to an activating group) is 1. The highest BCUT2D eigenvalue weighted by Gasteiger charge is 2.22. The van der Waals surface area contributed by atoms with E-state index in [1.165, 1.54) is 0 Å². The summed E-state index contributed by atoms with van der Waals surface area (Å²) in [5.74, 6) is 0.350. The number of nitrogens with zero attached hydrogens (tertiary/aromatic N) is 1. The van der Waals surface area contributed by atoms with Crippen LogP contribution < -0.4 is 5.73 Å². The van der Waals surface area contributed by atoms with Gasteiger partial charge in [0.05, 0.1) is 11.5 Å². The summed E-state index contributed by atoms with van der Waals surface area (Å²) >= 11 is 4.86. The molecule has 0 heterocycles. The molecule has 0 unspecified atom stereocenters. The molecule has 0 spiro atoms. The Bertz CT molecular complexity index is 225. The highest BCUT2D eigenvalue weighted by Crippen LogP contribution is 2.16. The van der Waals surface area contributed by atoms with Crippen molar-refractivity contribution in [1.82, 2.24) is 4.90 Å². The molecule has 1 amide bonds. The lowest BCUT2D eigenvalue weighted by Crippen LogP contribution is -2.41. The molecule has 0 fully saturated rings. The highest BCUT2D eigenvalue weighted by atomic mass is 32.1. The van der Waals surface area contributed by atoms with Gasteiger partial charge in [-0.1, -0.05) is 38.9 Å². The quantitative estimate of drug-likeness (QED) is 0.667. The molecule has 0 rings (SSSR count). The molecular weight excluding hydrogens is 220 g/mol. The fourth-order valence-electron chi connectivity index (χ4n) is 1.88. The molecular formula is C12H24N2OS. The zero-order valence-corrected chi connectivity index (χ0v) is 11.5. The van der Waals surface area contributed by atoms with Crippen LogP contribution in [0.25, 0.3) is 0 Å². The summed E-state index contributed by atoms with van der Waals surface area (Å²) in [6.07, 6.45) is 4.00. The van der Waals surface area contributed by atoms with Crippen LogP contribution in [0.2, 0.25) is 0 Å². The van der Waals surface area contributed by atoms with E-state index < -0.39 is 0 Å². The van der Waals surface area contributed by atoms with Crippen molar-refractivity contribution in [1.29, 1.82) is 0 Å². The minimum atomic E-state index is 0.143. The maximum atomic E-state index is 12.2. The zero-order valence-electron chi connectivity index (χ0n) is 10.7. The molecule has 0 bridgehead atoms. The third-order valence-electron chi connectivity index (χ3n) is 2.66. The topological polar surface area (TPSA) is 46.3 Å². The Morgan fingerprint density at radius 2 is 1.75 bits per heavy atom. The van der Waals surface area contributed by atoms with E-state index in [4.69, 9.17) is 18.0 Å². The van der Waals surface area contributed by atoms with Gasteiger partial charge in [0, 0.05) is 12.5 Å². The summed E-state index contributed by atoms with van der Waals surface area (Å²) in [6.45, 7) is 7.28. The van der Waals surface area contributed by atoms with Gasteiger partial charge in [-0.3, -0.25) is 4.79 Å². The van der Waals surface area contributed by atoms with E-state index in [1.54, 1.807) is 4.90 Å². The van der Waals surface area contributed by atoms with Gasteiger partial charge >= 0.3 is 0 Å². The van der Waals surface area contributed by atoms with E-state index in [1.807, 2.05) is 6.92 Å². The molecule has 0 atom stereocenters. The molecule has 2 N–H and O–H groups in total. The van der Waals surface area contributed by atoms with Crippen LogP contribution in [-0.2, 0) is 4.79 Å². The highest BCUT2D eigenvalue weighted by molar-refractivity contribution is 7.80. The number of nitrogens with two attached hydrogens (primary N) is 1. The summed E-state index contributed by atoms with van der Waals surface area (Å²) in [5, 5.41) is 0. The van der Waals surface area contributed by atoms with Crippen LogP contribution in [0.5, 0.6) is 0 Å². The molecule has 0 aliphatic rings. The van der Waals surface area contributed by atoms with E-state index in [-0.39, 0.29) is 11.8 Å². The molecule has 16 heavy (non-hydrogen) atoms. The molecule has 0 aromatic rings. The van der Waals surface area contributed by atoms with Gasteiger partial charge in [-0.25, -0.2) is 0 Å². The third-order valence-corrected chi connectivity index (χ3v) is 2.79. The molecule has 0 aromatic carbocycles. The number of carbonyl (C=O) groups is 1. The van der Waals surface area contributed by atoms with Gasteiger partial charge in [-0.2, -0.15) is 0 Å². The van der Waals surface area contributed by atoms with Gasteiger partial charge in [-0.05, 0) is 19.8 Å². The maximum Gasteiger partial charge on any atom is 0.226 e. The third kappa shape index (κ3) is 5.45. The number of hydrogen-bond donors (Lipinski definition) is 1. The molecule has 0 aliphatic heterocycles. The second kappa shape index (κ2) is 8.50. The molecule has 0 radical (unpaired) electrons. The Kier molecular flexibility index (Phi) is 8.16. The normalized spacial score (nSPS) is 10.5. The van der Waals surface area contributed by atoms with Crippen LogP contribution in [0.1, 0.15) is 46.5 Å². The van der Waals surface area contributed by atoms with Crippen molar-refractivity contribution in [3.8, 4) is 0 Å². The molecule has 4 heteroatoms. The second-order valence-electron chi connectivity index (χ2n) is 4.09. The van der Waals surface area contributed by atoms with Crippen molar-refractivity contribution in [2.45, 2.75) is 46.5 Å². The number of rotatable bonds is 8. The minimum absolute atomic E-state index is 0.143. The van der Waals surface area contributed by atoms with Crippen LogP contribution in [0.4, 0.5) is 0 Å². The number of amides is 1. The number of carbonyl (C=O) groups excluding carboxylic acids is 1. The predicted octanol–water partition coefficient (Wildman–Crippen LogP) is 2.34. The monoisotopic (exact) mass is 244 g/mol. The average Bonchev–Trinajstić information content (AvgIpc) is 2.24. The van der Waals surface area contributed by atoms with Gasteiger partial charge in [0.1, 0.15) is 0 Å². The number of hydrogen-bond acceptors (Lipinski definition) is 2. The molecule has 0 saturated heterocycles. The smallest absolute Gasteiger partial charge is 0.226 e. The fourth-order valence-corrected chi connectivity index (χ4v) is 2.04. The van der Waals surface area contributed by atoms with Gasteiger partial charge in [0.2, 0.25) is 5.91 Å². The molecule has 3 nitrogen and oxygen atoms in total. The first-order chi connectivity index (χ1) is 7.56. The molecule has 0 aromatic heterocycles. The summed E-state index contributed by atoms with van der Waals surface area (Å²) in [4.78, 5) is 14.4. The van der Waals surface area contributed by atoms with Crippen molar-refractivity contribution in [2.75, 3.05) is 13.1 Å². The Morgan fingerprint density at radius 1 is 1.25 bits per heavy atom. The van der Waals surface area contributed by atoms with Gasteiger partial charge in [-0.15, -0.1) is 0 Å². The lowest BCUT2D eigenvalue weighted by molar-refractivity contribution is -0.135. The second-order valence-corrected chi connectivity index (χ2v) is 4.62. The minimum Gasteiger partial charge on any atom is -0.392 e. The first-order valence-corrected chi connectivity index (χ1v) is 6.54. The van der Waals surface area contributed by atoms with Crippen molar-refractivity contribution in [3.05, 3.63) is 0 Å². The van der Waals surface area contributed by atoms with Crippen LogP contribution in [-0.4, -0.2) is 28.9 Å². The average molecular weight is 244 g/mol. The lowest BCUT2D eigenvalue weighted by Gasteiger charge is -2.25. The van der Waals surface area contributed by atoms with E-state index >= 15 is 0 Å². The van der Waals surface area contributed by atoms with Gasteiger partial charge < -0.3 is 10.6 Å². The standard InChI is InChI=1S/C12H24N2OS/c1-4-7-10(8-5-2)12(15)14(6-3)9-11(13)16/h10H,4-9H2,1-3H3,(H2,13,16). The summed E-state index contributed by atoms with van der Waals surface area (Å²) < 4.78 is 0. The van der Waals surface area contributed by atoms with Crippen molar-refractivity contribution in [2.24, 2.45) is 11.7 Å². The Labute approximate surface area is 104 Å². The van der Waals surface area contributed by atoms with Crippen molar-refractivity contribution < 1.29 is 4.79 Å².